The number of carbonyl (C=O) groups is 1. The summed E-state index contributed by atoms with van der Waals surface area (Å²) in [6.07, 6.45) is 0.356. The van der Waals surface area contributed by atoms with Gasteiger partial charge < -0.3 is 5.32 Å². The Morgan fingerprint density at radius 3 is 2.92 bits per heavy atom. The maximum absolute atomic E-state index is 12.3. The van der Waals surface area contributed by atoms with Gasteiger partial charge in [0.2, 0.25) is 5.91 Å². The van der Waals surface area contributed by atoms with E-state index in [9.17, 15) is 4.79 Å². The number of aryl methyl sites for hydroxylation is 3. The second-order valence-electron chi connectivity index (χ2n) is 6.80. The molecular formula is C18H17N7O. The van der Waals surface area contributed by atoms with Crippen molar-refractivity contribution in [2.45, 2.75) is 26.2 Å². The van der Waals surface area contributed by atoms with Crippen LogP contribution in [-0.4, -0.2) is 35.5 Å². The lowest BCUT2D eigenvalue weighted by Gasteiger charge is -2.22. The summed E-state index contributed by atoms with van der Waals surface area (Å²) in [5, 5.41) is 15.7. The molecule has 26 heavy (non-hydrogen) atoms. The van der Waals surface area contributed by atoms with Gasteiger partial charge >= 0.3 is 0 Å². The lowest BCUT2D eigenvalue weighted by molar-refractivity contribution is -0.116. The Labute approximate surface area is 148 Å². The molecule has 1 atom stereocenters. The van der Waals surface area contributed by atoms with Crippen LogP contribution in [0.25, 0.3) is 16.7 Å². The van der Waals surface area contributed by atoms with Crippen LogP contribution in [0.3, 0.4) is 0 Å². The first-order chi connectivity index (χ1) is 12.5. The van der Waals surface area contributed by atoms with Crippen molar-refractivity contribution in [2.24, 2.45) is 7.05 Å². The number of hydrogen-bond donors (Lipinski definition) is 1. The normalized spacial score (nSPS) is 16.9. The van der Waals surface area contributed by atoms with Crippen molar-refractivity contribution in [2.75, 3.05) is 5.32 Å². The number of aromatic nitrogens is 6. The van der Waals surface area contributed by atoms with Gasteiger partial charge in [0.1, 0.15) is 5.52 Å². The molecule has 1 amide bonds. The predicted molar refractivity (Wildman–Crippen MR) is 96.1 cm³/mol. The quantitative estimate of drug-likeness (QED) is 0.569. The molecule has 0 fully saturated rings. The standard InChI is InChI=1S/C18H17N7O/c1-9-6-10(2)25-18(19-9)16-12(8-15(26)20-17(16)22-25)11-4-5-14-13(7-11)21-23-24(14)3/h4-7,12H,8H2,1-3H3,(H,20,22,26)/t12-/m0/s1. The van der Waals surface area contributed by atoms with Crippen LogP contribution in [0.15, 0.2) is 24.3 Å². The first kappa shape index (κ1) is 15.0. The molecule has 0 radical (unpaired) electrons. The van der Waals surface area contributed by atoms with Crippen LogP contribution < -0.4 is 5.32 Å². The van der Waals surface area contributed by atoms with Crippen LogP contribution >= 0.6 is 0 Å². The molecule has 1 aliphatic heterocycles. The van der Waals surface area contributed by atoms with Gasteiger partial charge in [-0.15, -0.1) is 10.2 Å². The van der Waals surface area contributed by atoms with Crippen molar-refractivity contribution in [3.8, 4) is 0 Å². The van der Waals surface area contributed by atoms with Gasteiger partial charge in [-0.1, -0.05) is 11.3 Å². The zero-order valence-corrected chi connectivity index (χ0v) is 14.7. The molecule has 8 nitrogen and oxygen atoms in total. The fourth-order valence-electron chi connectivity index (χ4n) is 3.78. The summed E-state index contributed by atoms with van der Waals surface area (Å²) < 4.78 is 3.54. The number of nitrogens with zero attached hydrogens (tertiary/aromatic N) is 6. The van der Waals surface area contributed by atoms with Gasteiger partial charge in [-0.3, -0.25) is 4.79 Å². The van der Waals surface area contributed by atoms with E-state index in [1.807, 2.05) is 45.2 Å². The molecular weight excluding hydrogens is 330 g/mol. The molecule has 1 N–H and O–H groups in total. The largest absolute Gasteiger partial charge is 0.309 e. The minimum absolute atomic E-state index is 0.0421. The van der Waals surface area contributed by atoms with E-state index in [1.165, 1.54) is 0 Å². The van der Waals surface area contributed by atoms with Crippen LogP contribution in [0, 0.1) is 13.8 Å². The first-order valence-corrected chi connectivity index (χ1v) is 8.47. The molecule has 0 saturated heterocycles. The molecule has 3 aromatic heterocycles. The summed E-state index contributed by atoms with van der Waals surface area (Å²) in [4.78, 5) is 17.0. The molecule has 1 aliphatic rings. The summed E-state index contributed by atoms with van der Waals surface area (Å²) in [6.45, 7) is 3.96. The first-order valence-electron chi connectivity index (χ1n) is 8.47. The van der Waals surface area contributed by atoms with E-state index >= 15 is 0 Å². The SMILES string of the molecule is Cc1cc(C)n2nc3c(c2n1)[C@H](c1ccc2c(c1)nnn2C)CC(=O)N3. The third-order valence-corrected chi connectivity index (χ3v) is 4.96. The van der Waals surface area contributed by atoms with Crippen molar-refractivity contribution in [1.82, 2.24) is 29.6 Å². The van der Waals surface area contributed by atoms with Crippen molar-refractivity contribution < 1.29 is 4.79 Å². The van der Waals surface area contributed by atoms with Crippen LogP contribution in [0.4, 0.5) is 5.82 Å². The second-order valence-corrected chi connectivity index (χ2v) is 6.80. The number of anilines is 1. The Bertz CT molecular complexity index is 1200. The molecule has 0 bridgehead atoms. The van der Waals surface area contributed by atoms with E-state index in [1.54, 1.807) is 9.20 Å². The smallest absolute Gasteiger partial charge is 0.226 e. The van der Waals surface area contributed by atoms with E-state index in [0.717, 1.165) is 39.2 Å². The molecule has 0 aliphatic carbocycles. The highest BCUT2D eigenvalue weighted by Gasteiger charge is 2.32. The Hall–Kier alpha value is -3.29. The number of carbonyl (C=O) groups excluding carboxylic acids is 1. The topological polar surface area (TPSA) is 90.0 Å². The number of benzene rings is 1. The molecule has 1 aromatic carbocycles. The molecule has 5 rings (SSSR count). The number of nitrogens with one attached hydrogen (secondary N) is 1. The Morgan fingerprint density at radius 2 is 2.08 bits per heavy atom. The zero-order valence-electron chi connectivity index (χ0n) is 14.7. The van der Waals surface area contributed by atoms with Crippen molar-refractivity contribution in [3.63, 3.8) is 0 Å². The highest BCUT2D eigenvalue weighted by atomic mass is 16.1. The second kappa shape index (κ2) is 5.10. The van der Waals surface area contributed by atoms with Gasteiger partial charge in [0.05, 0.1) is 5.52 Å². The van der Waals surface area contributed by atoms with Gasteiger partial charge in [0.25, 0.3) is 0 Å². The lowest BCUT2D eigenvalue weighted by atomic mass is 9.87. The van der Waals surface area contributed by atoms with E-state index < -0.39 is 0 Å². The Kier molecular flexibility index (Phi) is 2.95. The van der Waals surface area contributed by atoms with E-state index in [2.05, 4.69) is 20.7 Å². The number of fused-ring (bicyclic) bond motifs is 4. The van der Waals surface area contributed by atoms with Crippen LogP contribution in [0.2, 0.25) is 0 Å². The van der Waals surface area contributed by atoms with Crippen LogP contribution in [0.5, 0.6) is 0 Å². The van der Waals surface area contributed by atoms with Gasteiger partial charge in [-0.05, 0) is 37.6 Å². The fourth-order valence-corrected chi connectivity index (χ4v) is 3.78. The summed E-state index contributed by atoms with van der Waals surface area (Å²) in [5.41, 5.74) is 6.46. The number of hydrogen-bond acceptors (Lipinski definition) is 5. The molecule has 0 unspecified atom stereocenters. The summed E-state index contributed by atoms with van der Waals surface area (Å²) in [6, 6.07) is 8.01. The molecule has 4 heterocycles. The van der Waals surface area contributed by atoms with Gasteiger partial charge in [0.15, 0.2) is 11.5 Å². The molecule has 4 aromatic rings. The Morgan fingerprint density at radius 1 is 1.23 bits per heavy atom. The molecule has 130 valence electrons. The zero-order chi connectivity index (χ0) is 18.0. The van der Waals surface area contributed by atoms with E-state index in [-0.39, 0.29) is 11.8 Å². The monoisotopic (exact) mass is 347 g/mol. The summed E-state index contributed by atoms with van der Waals surface area (Å²) in [5.74, 6) is 0.433. The minimum atomic E-state index is -0.114. The number of amides is 1. The van der Waals surface area contributed by atoms with E-state index in [0.29, 0.717) is 12.2 Å². The van der Waals surface area contributed by atoms with Crippen LogP contribution in [0.1, 0.15) is 34.9 Å². The highest BCUT2D eigenvalue weighted by molar-refractivity contribution is 5.96. The third kappa shape index (κ3) is 2.05. The third-order valence-electron chi connectivity index (χ3n) is 4.96. The Balaban J connectivity index is 1.76. The maximum atomic E-state index is 12.3. The average molecular weight is 347 g/mol. The van der Waals surface area contributed by atoms with Gasteiger partial charge in [-0.25, -0.2) is 14.2 Å². The predicted octanol–water partition coefficient (Wildman–Crippen LogP) is 2.10. The minimum Gasteiger partial charge on any atom is -0.309 e. The van der Waals surface area contributed by atoms with Gasteiger partial charge in [0, 0.05) is 36.3 Å². The van der Waals surface area contributed by atoms with Crippen molar-refractivity contribution in [1.29, 1.82) is 0 Å². The fraction of sp³-hybridized carbons (Fsp3) is 0.278. The molecule has 8 heteroatoms. The highest BCUT2D eigenvalue weighted by Crippen LogP contribution is 2.39. The molecule has 0 saturated carbocycles. The van der Waals surface area contributed by atoms with Gasteiger partial charge in [-0.2, -0.15) is 0 Å². The van der Waals surface area contributed by atoms with Crippen molar-refractivity contribution in [3.05, 3.63) is 46.8 Å². The lowest BCUT2D eigenvalue weighted by Crippen LogP contribution is -2.23. The van der Waals surface area contributed by atoms with Crippen LogP contribution in [-0.2, 0) is 11.8 Å². The summed E-state index contributed by atoms with van der Waals surface area (Å²) >= 11 is 0. The summed E-state index contributed by atoms with van der Waals surface area (Å²) in [7, 11) is 1.86. The maximum Gasteiger partial charge on any atom is 0.226 e. The van der Waals surface area contributed by atoms with E-state index in [4.69, 9.17) is 4.98 Å². The molecule has 0 spiro atoms. The van der Waals surface area contributed by atoms with Crippen molar-refractivity contribution >= 4 is 28.4 Å². The average Bonchev–Trinajstić information content (AvgIpc) is 3.15. The number of rotatable bonds is 1.